The summed E-state index contributed by atoms with van der Waals surface area (Å²) in [5.41, 5.74) is 2.16. The molecule has 3 rings (SSSR count). The van der Waals surface area contributed by atoms with Gasteiger partial charge in [0.2, 0.25) is 0 Å². The second-order valence-electron chi connectivity index (χ2n) is 4.96. The molecule has 0 bridgehead atoms. The van der Waals surface area contributed by atoms with Crippen molar-refractivity contribution in [2.24, 2.45) is 0 Å². The second-order valence-corrected chi connectivity index (χ2v) is 4.96. The molecule has 0 fully saturated rings. The minimum Gasteiger partial charge on any atom is -0.383 e. The minimum absolute atomic E-state index is 0.331. The molecule has 1 aliphatic rings. The number of carbonyl (C=O) groups is 1. The van der Waals surface area contributed by atoms with Crippen LogP contribution in [0.4, 0.5) is 10.1 Å². The van der Waals surface area contributed by atoms with Gasteiger partial charge in [-0.3, -0.25) is 4.79 Å². The first kappa shape index (κ1) is 12.8. The molecule has 1 heterocycles. The van der Waals surface area contributed by atoms with Crippen molar-refractivity contribution in [1.29, 1.82) is 0 Å². The zero-order valence-electron chi connectivity index (χ0n) is 10.7. The molecule has 20 heavy (non-hydrogen) atoms. The van der Waals surface area contributed by atoms with Crippen LogP contribution >= 0.6 is 0 Å². The van der Waals surface area contributed by atoms with Crippen molar-refractivity contribution in [3.8, 4) is 0 Å². The van der Waals surface area contributed by atoms with Crippen LogP contribution < -0.4 is 5.32 Å². The number of hydrogen-bond acceptors (Lipinski definition) is 2. The Bertz CT molecular complexity index is 642. The normalized spacial score (nSPS) is 21.8. The first-order chi connectivity index (χ1) is 9.65. The third kappa shape index (κ3) is 2.30. The molecule has 2 unspecified atom stereocenters. The predicted molar refractivity (Wildman–Crippen MR) is 73.9 cm³/mol. The number of anilines is 1. The average Bonchev–Trinajstić information content (AvgIpc) is 2.57. The Hall–Kier alpha value is -2.20. The van der Waals surface area contributed by atoms with Gasteiger partial charge < -0.3 is 10.4 Å². The van der Waals surface area contributed by atoms with Crippen LogP contribution in [0.5, 0.6) is 0 Å². The van der Waals surface area contributed by atoms with Crippen molar-refractivity contribution < 1.29 is 14.3 Å². The summed E-state index contributed by atoms with van der Waals surface area (Å²) in [6.07, 6.45) is -0.660. The second kappa shape index (κ2) is 5.06. The highest BCUT2D eigenvalue weighted by atomic mass is 19.1. The van der Waals surface area contributed by atoms with E-state index in [-0.39, 0.29) is 5.92 Å². The molecule has 2 aromatic rings. The Morgan fingerprint density at radius 2 is 1.90 bits per heavy atom. The van der Waals surface area contributed by atoms with Gasteiger partial charge in [-0.25, -0.2) is 4.39 Å². The molecule has 102 valence electrons. The molecule has 0 spiro atoms. The highest BCUT2D eigenvalue weighted by Gasteiger charge is 2.31. The Morgan fingerprint density at radius 1 is 1.15 bits per heavy atom. The molecule has 2 aromatic carbocycles. The van der Waals surface area contributed by atoms with Gasteiger partial charge >= 0.3 is 0 Å². The fourth-order valence-electron chi connectivity index (χ4n) is 2.58. The van der Waals surface area contributed by atoms with Crippen LogP contribution in [0.15, 0.2) is 48.5 Å². The molecule has 0 saturated carbocycles. The summed E-state index contributed by atoms with van der Waals surface area (Å²) >= 11 is 0. The number of aliphatic hydroxyl groups is 1. The van der Waals surface area contributed by atoms with E-state index in [1.54, 1.807) is 6.07 Å². The maximum absolute atomic E-state index is 13.3. The molecule has 1 amide bonds. The van der Waals surface area contributed by atoms with Crippen molar-refractivity contribution in [3.63, 3.8) is 0 Å². The zero-order chi connectivity index (χ0) is 14.1. The lowest BCUT2D eigenvalue weighted by atomic mass is 9.88. The van der Waals surface area contributed by atoms with E-state index in [1.807, 2.05) is 30.3 Å². The molecular weight excluding hydrogens is 257 g/mol. The van der Waals surface area contributed by atoms with Crippen LogP contribution in [0.3, 0.4) is 0 Å². The van der Waals surface area contributed by atoms with Crippen LogP contribution in [0.1, 0.15) is 17.0 Å². The largest absolute Gasteiger partial charge is 0.383 e. The Labute approximate surface area is 116 Å². The number of nitrogens with one attached hydrogen (secondary N) is 1. The van der Waals surface area contributed by atoms with Gasteiger partial charge in [-0.1, -0.05) is 36.4 Å². The molecule has 2 atom stereocenters. The van der Waals surface area contributed by atoms with E-state index in [0.717, 1.165) is 11.1 Å². The summed E-state index contributed by atoms with van der Waals surface area (Å²) in [6, 6.07) is 13.7. The zero-order valence-corrected chi connectivity index (χ0v) is 10.7. The predicted octanol–water partition coefficient (Wildman–Crippen LogP) is 2.47. The van der Waals surface area contributed by atoms with Gasteiger partial charge in [-0.15, -0.1) is 0 Å². The van der Waals surface area contributed by atoms with Gasteiger partial charge in [0.25, 0.3) is 5.91 Å². The van der Waals surface area contributed by atoms with Crippen molar-refractivity contribution in [3.05, 3.63) is 65.5 Å². The van der Waals surface area contributed by atoms with Crippen LogP contribution in [0.25, 0.3) is 0 Å². The number of halogens is 1. The summed E-state index contributed by atoms with van der Waals surface area (Å²) in [4.78, 5) is 12.0. The lowest BCUT2D eigenvalue weighted by Gasteiger charge is -2.19. The fourth-order valence-corrected chi connectivity index (χ4v) is 2.58. The summed E-state index contributed by atoms with van der Waals surface area (Å²) in [7, 11) is 0. The topological polar surface area (TPSA) is 49.3 Å². The third-order valence-electron chi connectivity index (χ3n) is 3.65. The van der Waals surface area contributed by atoms with E-state index in [1.165, 1.54) is 12.1 Å². The van der Waals surface area contributed by atoms with E-state index in [2.05, 4.69) is 5.32 Å². The monoisotopic (exact) mass is 271 g/mol. The first-order valence-corrected chi connectivity index (χ1v) is 6.47. The number of hydrogen-bond donors (Lipinski definition) is 2. The standard InChI is InChI=1S/C16H14FNO2/c17-12-7-6-11-8-13(10-4-2-1-3-5-10)15(19)16(20)18-14(11)9-12/h1-7,9,13,15,19H,8H2,(H,18,20). The van der Waals surface area contributed by atoms with E-state index < -0.39 is 17.8 Å². The summed E-state index contributed by atoms with van der Waals surface area (Å²) < 4.78 is 13.3. The van der Waals surface area contributed by atoms with Crippen LogP contribution in [-0.2, 0) is 11.2 Å². The van der Waals surface area contributed by atoms with Gasteiger partial charge in [0, 0.05) is 11.6 Å². The molecule has 2 N–H and O–H groups in total. The molecule has 4 heteroatoms. The Morgan fingerprint density at radius 3 is 2.65 bits per heavy atom. The number of rotatable bonds is 1. The molecule has 3 nitrogen and oxygen atoms in total. The van der Waals surface area contributed by atoms with Crippen LogP contribution in [0, 0.1) is 5.82 Å². The minimum atomic E-state index is -1.15. The van der Waals surface area contributed by atoms with Gasteiger partial charge in [0.05, 0.1) is 0 Å². The van der Waals surface area contributed by atoms with Crippen molar-refractivity contribution in [1.82, 2.24) is 0 Å². The maximum Gasteiger partial charge on any atom is 0.253 e. The number of benzene rings is 2. The molecular formula is C16H14FNO2. The molecule has 0 radical (unpaired) electrons. The van der Waals surface area contributed by atoms with Gasteiger partial charge in [0.1, 0.15) is 11.9 Å². The molecule has 0 saturated heterocycles. The SMILES string of the molecule is O=C1Nc2cc(F)ccc2CC(c2ccccc2)C1O. The van der Waals surface area contributed by atoms with Crippen LogP contribution in [0.2, 0.25) is 0 Å². The van der Waals surface area contributed by atoms with Gasteiger partial charge in [-0.05, 0) is 29.7 Å². The first-order valence-electron chi connectivity index (χ1n) is 6.47. The molecule has 1 aliphatic heterocycles. The smallest absolute Gasteiger partial charge is 0.253 e. The van der Waals surface area contributed by atoms with Crippen molar-refractivity contribution in [2.75, 3.05) is 5.32 Å². The Balaban J connectivity index is 2.04. The summed E-state index contributed by atoms with van der Waals surface area (Å²) in [6.45, 7) is 0. The highest BCUT2D eigenvalue weighted by Crippen LogP contribution is 2.32. The fraction of sp³-hybridized carbons (Fsp3) is 0.188. The van der Waals surface area contributed by atoms with Crippen molar-refractivity contribution in [2.45, 2.75) is 18.4 Å². The number of carbonyl (C=O) groups excluding carboxylic acids is 1. The molecule has 0 aliphatic carbocycles. The number of fused-ring (bicyclic) bond motifs is 1. The quantitative estimate of drug-likeness (QED) is 0.837. The van der Waals surface area contributed by atoms with Crippen molar-refractivity contribution >= 4 is 11.6 Å². The third-order valence-corrected chi connectivity index (χ3v) is 3.65. The Kier molecular flexibility index (Phi) is 3.24. The molecule has 0 aromatic heterocycles. The number of amides is 1. The maximum atomic E-state index is 13.3. The lowest BCUT2D eigenvalue weighted by Crippen LogP contribution is -2.31. The van der Waals surface area contributed by atoms with Crippen LogP contribution in [-0.4, -0.2) is 17.1 Å². The average molecular weight is 271 g/mol. The van der Waals surface area contributed by atoms with Gasteiger partial charge in [-0.2, -0.15) is 0 Å². The van der Waals surface area contributed by atoms with Gasteiger partial charge in [0.15, 0.2) is 0 Å². The van der Waals surface area contributed by atoms with E-state index in [0.29, 0.717) is 12.1 Å². The van der Waals surface area contributed by atoms with E-state index >= 15 is 0 Å². The summed E-state index contributed by atoms with van der Waals surface area (Å²) in [5.74, 6) is -1.23. The highest BCUT2D eigenvalue weighted by molar-refractivity contribution is 5.96. The van der Waals surface area contributed by atoms with E-state index in [9.17, 15) is 14.3 Å². The number of aliphatic hydroxyl groups excluding tert-OH is 1. The lowest BCUT2D eigenvalue weighted by molar-refractivity contribution is -0.124. The summed E-state index contributed by atoms with van der Waals surface area (Å²) in [5, 5.41) is 12.8. The van der Waals surface area contributed by atoms with E-state index in [4.69, 9.17) is 0 Å².